The molecule has 14 heteroatoms. The highest BCUT2D eigenvalue weighted by Crippen LogP contribution is 2.32. The molecular formula is C26H33F3N8O2S. The van der Waals surface area contributed by atoms with E-state index in [2.05, 4.69) is 35.2 Å². The fraction of sp³-hybridized carbons (Fsp3) is 0.500. The van der Waals surface area contributed by atoms with Gasteiger partial charge in [-0.3, -0.25) is 15.0 Å². The number of aryl methyl sites for hydroxylation is 2. The number of ether oxygens (including phenoxy) is 1. The molecule has 4 rings (SSSR count). The van der Waals surface area contributed by atoms with Gasteiger partial charge < -0.3 is 20.7 Å². The van der Waals surface area contributed by atoms with Crippen LogP contribution in [0.25, 0.3) is 0 Å². The molecule has 0 radical (unpaired) electrons. The number of benzene rings is 1. The van der Waals surface area contributed by atoms with Gasteiger partial charge in [-0.05, 0) is 83.0 Å². The summed E-state index contributed by atoms with van der Waals surface area (Å²) >= 11 is 5.44. The van der Waals surface area contributed by atoms with Crippen molar-refractivity contribution in [3.63, 3.8) is 0 Å². The lowest BCUT2D eigenvalue weighted by Crippen LogP contribution is -2.64. The first kappa shape index (κ1) is 29.5. The Morgan fingerprint density at radius 2 is 1.70 bits per heavy atom. The summed E-state index contributed by atoms with van der Waals surface area (Å²) in [4.78, 5) is 30.3. The molecule has 0 bridgehead atoms. The predicted octanol–water partition coefficient (Wildman–Crippen LogP) is 3.96. The van der Waals surface area contributed by atoms with E-state index in [1.807, 2.05) is 24.8 Å². The number of likely N-dealkylation sites (tertiary alicyclic amines) is 2. The maximum absolute atomic E-state index is 12.7. The largest absolute Gasteiger partial charge is 0.573 e. The smallest absolute Gasteiger partial charge is 0.406 e. The van der Waals surface area contributed by atoms with Crippen molar-refractivity contribution in [3.05, 3.63) is 41.7 Å². The first-order chi connectivity index (χ1) is 18.9. The number of primary amides is 1. The van der Waals surface area contributed by atoms with Crippen molar-refractivity contribution < 1.29 is 22.7 Å². The van der Waals surface area contributed by atoms with Crippen LogP contribution < -0.4 is 21.1 Å². The summed E-state index contributed by atoms with van der Waals surface area (Å²) in [6.45, 7) is 6.30. The maximum atomic E-state index is 12.7. The Bertz CT molecular complexity index is 1240. The van der Waals surface area contributed by atoms with Gasteiger partial charge in [-0.15, -0.1) is 13.2 Å². The van der Waals surface area contributed by atoms with Crippen LogP contribution in [-0.2, 0) is 4.79 Å². The Balaban J connectivity index is 1.56. The summed E-state index contributed by atoms with van der Waals surface area (Å²) in [5.74, 6) is -0.0385. The van der Waals surface area contributed by atoms with E-state index in [1.165, 1.54) is 18.2 Å². The third-order valence-electron chi connectivity index (χ3n) is 7.04. The molecule has 0 unspecified atom stereocenters. The molecule has 4 N–H and O–H groups in total. The quantitative estimate of drug-likeness (QED) is 0.275. The standard InChI is InChI=1S/C26H33F3N8O2S/c1-17-15-18(2)32-22(31-17)34-23(35-24(40)33-19-7-6-8-20(16-19)39-26(27,28)29)36-13-9-25(10-14-36,21(30)38)37-11-4-3-5-12-37/h6-8,15-16H,3-5,9-14H2,1-2H3,(H2,30,38)(H2,31,32,33,34,35,40). The van der Waals surface area contributed by atoms with Crippen LogP contribution in [0.5, 0.6) is 5.75 Å². The van der Waals surface area contributed by atoms with Gasteiger partial charge in [-0.25, -0.2) is 9.97 Å². The summed E-state index contributed by atoms with van der Waals surface area (Å²) in [6, 6.07) is 7.16. The van der Waals surface area contributed by atoms with Crippen molar-refractivity contribution in [3.8, 4) is 5.75 Å². The molecule has 2 aliphatic rings. The van der Waals surface area contributed by atoms with Crippen LogP contribution in [0, 0.1) is 13.8 Å². The third kappa shape index (κ3) is 7.56. The topological polar surface area (TPSA) is 121 Å². The van der Waals surface area contributed by atoms with Crippen molar-refractivity contribution in [1.29, 1.82) is 0 Å². The van der Waals surface area contributed by atoms with Gasteiger partial charge >= 0.3 is 6.36 Å². The lowest BCUT2D eigenvalue weighted by Gasteiger charge is -2.48. The highest BCUT2D eigenvalue weighted by atomic mass is 32.1. The van der Waals surface area contributed by atoms with Crippen LogP contribution in [0.2, 0.25) is 0 Å². The Morgan fingerprint density at radius 3 is 2.30 bits per heavy atom. The van der Waals surface area contributed by atoms with Crippen molar-refractivity contribution >= 4 is 40.8 Å². The molecule has 2 aromatic rings. The number of aliphatic imine (C=N–C) groups is 1. The number of carbonyl (C=O) groups excluding carboxylic acids is 1. The number of anilines is 2. The fourth-order valence-electron chi connectivity index (χ4n) is 5.21. The van der Waals surface area contributed by atoms with E-state index in [1.54, 1.807) is 6.07 Å². The average Bonchev–Trinajstić information content (AvgIpc) is 2.87. The highest BCUT2D eigenvalue weighted by Gasteiger charge is 2.45. The maximum Gasteiger partial charge on any atom is 0.573 e. The van der Waals surface area contributed by atoms with Crippen molar-refractivity contribution in [2.45, 2.75) is 57.9 Å². The number of hydrogen-bond acceptors (Lipinski definition) is 6. The third-order valence-corrected chi connectivity index (χ3v) is 7.24. The number of amides is 1. The zero-order chi connectivity index (χ0) is 28.9. The Kier molecular flexibility index (Phi) is 9.08. The van der Waals surface area contributed by atoms with Crippen molar-refractivity contribution in [2.75, 3.05) is 36.8 Å². The minimum Gasteiger partial charge on any atom is -0.406 e. The molecule has 10 nitrogen and oxygen atoms in total. The average molecular weight is 579 g/mol. The molecule has 1 amide bonds. The molecule has 3 heterocycles. The van der Waals surface area contributed by atoms with Gasteiger partial charge in [0.15, 0.2) is 0 Å². The Morgan fingerprint density at radius 1 is 1.05 bits per heavy atom. The minimum absolute atomic E-state index is 0.00111. The number of guanidine groups is 1. The van der Waals surface area contributed by atoms with Gasteiger partial charge in [0.05, 0.1) is 0 Å². The van der Waals surface area contributed by atoms with Crippen LogP contribution in [0.4, 0.5) is 24.8 Å². The van der Waals surface area contributed by atoms with E-state index in [9.17, 15) is 18.0 Å². The molecular weight excluding hydrogens is 545 g/mol. The summed E-state index contributed by atoms with van der Waals surface area (Å²) in [5, 5.41) is 5.99. The van der Waals surface area contributed by atoms with E-state index >= 15 is 0 Å². The van der Waals surface area contributed by atoms with Crippen molar-refractivity contribution in [1.82, 2.24) is 19.8 Å². The second-order valence-electron chi connectivity index (χ2n) is 9.97. The summed E-state index contributed by atoms with van der Waals surface area (Å²) in [5.41, 5.74) is 7.01. The highest BCUT2D eigenvalue weighted by molar-refractivity contribution is 7.80. The molecule has 0 aliphatic carbocycles. The molecule has 0 saturated carbocycles. The van der Waals surface area contributed by atoms with Gasteiger partial charge in [-0.2, -0.15) is 4.99 Å². The van der Waals surface area contributed by atoms with Crippen LogP contribution in [0.3, 0.4) is 0 Å². The van der Waals surface area contributed by atoms with Crippen LogP contribution >= 0.6 is 12.2 Å². The number of piperidine rings is 2. The van der Waals surface area contributed by atoms with E-state index in [-0.39, 0.29) is 22.5 Å². The number of rotatable bonds is 5. The molecule has 2 fully saturated rings. The van der Waals surface area contributed by atoms with E-state index < -0.39 is 11.9 Å². The number of nitrogens with two attached hydrogens (primary N) is 1. The molecule has 40 heavy (non-hydrogen) atoms. The van der Waals surface area contributed by atoms with Gasteiger partial charge in [0.2, 0.25) is 22.9 Å². The van der Waals surface area contributed by atoms with Gasteiger partial charge in [0.25, 0.3) is 0 Å². The lowest BCUT2D eigenvalue weighted by atomic mass is 9.83. The predicted molar refractivity (Wildman–Crippen MR) is 150 cm³/mol. The Labute approximate surface area is 236 Å². The number of nitrogens with one attached hydrogen (secondary N) is 2. The second-order valence-corrected chi connectivity index (χ2v) is 10.4. The number of hydrogen-bond donors (Lipinski definition) is 3. The van der Waals surface area contributed by atoms with Crippen LogP contribution in [-0.4, -0.2) is 74.8 Å². The normalized spacial score (nSPS) is 18.2. The van der Waals surface area contributed by atoms with Crippen LogP contribution in [0.1, 0.15) is 43.5 Å². The number of carbonyl (C=O) groups is 1. The molecule has 2 aliphatic heterocycles. The summed E-state index contributed by atoms with van der Waals surface area (Å²) < 4.78 is 42.0. The molecule has 1 aromatic heterocycles. The minimum atomic E-state index is -4.82. The van der Waals surface area contributed by atoms with Crippen molar-refractivity contribution in [2.24, 2.45) is 10.7 Å². The Hall–Kier alpha value is -3.52. The second kappa shape index (κ2) is 12.3. The fourth-order valence-corrected chi connectivity index (χ4v) is 5.41. The number of halogens is 3. The molecule has 0 atom stereocenters. The van der Waals surface area contributed by atoms with E-state index in [0.717, 1.165) is 43.7 Å². The zero-order valence-corrected chi connectivity index (χ0v) is 23.2. The van der Waals surface area contributed by atoms with Gasteiger partial charge in [0.1, 0.15) is 11.3 Å². The van der Waals surface area contributed by atoms with Gasteiger partial charge in [-0.1, -0.05) is 12.5 Å². The van der Waals surface area contributed by atoms with Gasteiger partial charge in [0, 0.05) is 36.2 Å². The zero-order valence-electron chi connectivity index (χ0n) is 22.4. The van der Waals surface area contributed by atoms with Crippen LogP contribution in [0.15, 0.2) is 35.3 Å². The summed E-state index contributed by atoms with van der Waals surface area (Å²) in [7, 11) is 0. The first-order valence-electron chi connectivity index (χ1n) is 13.1. The molecule has 2 saturated heterocycles. The number of aromatic nitrogens is 2. The van der Waals surface area contributed by atoms with E-state index in [0.29, 0.717) is 37.8 Å². The molecule has 1 aromatic carbocycles. The van der Waals surface area contributed by atoms with E-state index in [4.69, 9.17) is 18.0 Å². The first-order valence-corrected chi connectivity index (χ1v) is 13.5. The SMILES string of the molecule is Cc1cc(C)nc(N/C(=N/C(=S)Nc2cccc(OC(F)(F)F)c2)N2CCC(C(N)=O)(N3CCCCC3)CC2)n1. The number of thiocarbonyl (C=S) groups is 1. The molecule has 0 spiro atoms. The summed E-state index contributed by atoms with van der Waals surface area (Å²) in [6.07, 6.45) is -0.591. The monoisotopic (exact) mass is 578 g/mol. The number of nitrogens with zero attached hydrogens (tertiary/aromatic N) is 5. The number of alkyl halides is 3. The molecule has 216 valence electrons. The lowest BCUT2D eigenvalue weighted by molar-refractivity contribution is -0.274.